The number of amides is 1. The molecule has 0 unspecified atom stereocenters. The van der Waals surface area contributed by atoms with Gasteiger partial charge in [-0.15, -0.1) is 15.3 Å². The van der Waals surface area contributed by atoms with Crippen LogP contribution in [0.1, 0.15) is 39.9 Å². The van der Waals surface area contributed by atoms with Crippen LogP contribution in [-0.4, -0.2) is 76.5 Å². The summed E-state index contributed by atoms with van der Waals surface area (Å²) in [4.78, 5) is 12.2. The Morgan fingerprint density at radius 2 is 1.06 bits per heavy atom. The maximum absolute atomic E-state index is 13.3. The molecule has 452 valence electrons. The normalized spacial score (nSPS) is 12.3. The molecule has 9 aromatic carbocycles. The third kappa shape index (κ3) is 15.5. The lowest BCUT2D eigenvalue weighted by Gasteiger charge is -2.13. The molecule has 0 fully saturated rings. The van der Waals surface area contributed by atoms with Crippen LogP contribution in [0.2, 0.25) is 0 Å². The summed E-state index contributed by atoms with van der Waals surface area (Å²) in [7, 11) is -10.8. The maximum Gasteiger partial charge on any atom is 0.296 e. The summed E-state index contributed by atoms with van der Waals surface area (Å²) in [6.45, 7) is 5.36. The number of nitrogen functional groups attached to an aromatic ring is 1. The molecule has 0 aliphatic rings. The molecule has 28 heteroatoms. The molecule has 0 bridgehead atoms. The van der Waals surface area contributed by atoms with E-state index in [9.17, 15) is 44.3 Å². The van der Waals surface area contributed by atoms with Gasteiger partial charge >= 0.3 is 0 Å². The van der Waals surface area contributed by atoms with Crippen LogP contribution < -0.4 is 30.6 Å². The zero-order valence-electron chi connectivity index (χ0n) is 47.4. The monoisotopic (exact) mass is 1250 g/mol. The van der Waals surface area contributed by atoms with Crippen LogP contribution in [0.15, 0.2) is 196 Å². The molecule has 0 spiro atoms. The highest BCUT2D eigenvalue weighted by molar-refractivity contribution is 7.86. The molecule has 0 aliphatic heterocycles. The van der Waals surface area contributed by atoms with E-state index >= 15 is 0 Å². The topological polar surface area (TPSA) is 377 Å². The fourth-order valence-corrected chi connectivity index (χ4v) is 10.6. The fourth-order valence-electron chi connectivity index (χ4n) is 8.83. The first-order valence-corrected chi connectivity index (χ1v) is 30.9. The molecule has 9 rings (SSSR count). The standard InChI is InChI=1S/C60H55N11O14S3/c1-34-24-45(65-67-50-25-36(3)51(26-35(50)2)68-71-58-57(88(80,81)82)30-39-28-43(17-20-48(39)59(58)72)62-41-14-10-40(61)11-15-41)18-21-49(34)66-70-53-33-55(83-4)52(32-56(53)84-5)69-64-42-12-8-37(9-13-42)60(73)63-44-16-19-47-38(27-44)29-46(87(77,78)79)31-54(47)85-22-6-7-23-86(74,75)76/h8-21,24-33,62,72H,6-7,22-23,61H2,1-5H3,(H,63,73)(H,74,75,76)(H,77,78,79)(H,80,81,82). The molecule has 1 amide bonds. The Balaban J connectivity index is 0.837. The van der Waals surface area contributed by atoms with Crippen molar-refractivity contribution in [2.75, 3.05) is 42.9 Å². The number of aryl methyl sites for hydroxylation is 3. The van der Waals surface area contributed by atoms with Crippen molar-refractivity contribution in [2.24, 2.45) is 40.9 Å². The number of nitrogens with two attached hydrogens (primary N) is 1. The smallest absolute Gasteiger partial charge is 0.296 e. The number of aromatic hydroxyl groups is 1. The third-order valence-electron chi connectivity index (χ3n) is 13.4. The van der Waals surface area contributed by atoms with E-state index in [1.807, 2.05) is 6.92 Å². The summed E-state index contributed by atoms with van der Waals surface area (Å²) in [5.74, 6) is -0.761. The zero-order valence-corrected chi connectivity index (χ0v) is 49.9. The molecule has 0 heterocycles. The number of unbranched alkanes of at least 4 members (excludes halogenated alkanes) is 1. The number of nitrogens with zero attached hydrogens (tertiary/aromatic N) is 8. The van der Waals surface area contributed by atoms with Crippen LogP contribution in [0.5, 0.6) is 23.0 Å². The number of carbonyl (C=O) groups excluding carboxylic acids is 1. The number of ether oxygens (including phenoxy) is 3. The average Bonchev–Trinajstić information content (AvgIpc) is 0.938. The van der Waals surface area contributed by atoms with E-state index in [1.165, 1.54) is 44.6 Å². The number of fused-ring (bicyclic) bond motifs is 2. The predicted octanol–water partition coefficient (Wildman–Crippen LogP) is 15.4. The predicted molar refractivity (Wildman–Crippen MR) is 332 cm³/mol. The van der Waals surface area contributed by atoms with Gasteiger partial charge in [0.05, 0.1) is 59.9 Å². The molecular formula is C60H55N11O14S3. The Morgan fingerprint density at radius 3 is 1.68 bits per heavy atom. The second-order valence-corrected chi connectivity index (χ2v) is 24.2. The van der Waals surface area contributed by atoms with Gasteiger partial charge in [-0.2, -0.15) is 50.8 Å². The summed E-state index contributed by atoms with van der Waals surface area (Å²) in [5.41, 5.74) is 12.7. The lowest BCUT2D eigenvalue weighted by molar-refractivity contribution is 0.102. The van der Waals surface area contributed by atoms with Gasteiger partial charge in [0.1, 0.15) is 39.2 Å². The number of nitrogens with one attached hydrogen (secondary N) is 2. The number of carbonyl (C=O) groups is 1. The van der Waals surface area contributed by atoms with Crippen molar-refractivity contribution in [3.8, 4) is 23.0 Å². The van der Waals surface area contributed by atoms with Crippen molar-refractivity contribution in [3.05, 3.63) is 168 Å². The van der Waals surface area contributed by atoms with Gasteiger partial charge in [0.2, 0.25) is 0 Å². The van der Waals surface area contributed by atoms with E-state index in [4.69, 9.17) is 24.5 Å². The van der Waals surface area contributed by atoms with Gasteiger partial charge in [0, 0.05) is 57.3 Å². The molecular weight excluding hydrogens is 1190 g/mol. The van der Waals surface area contributed by atoms with Gasteiger partial charge in [-0.05, 0) is 188 Å². The molecule has 88 heavy (non-hydrogen) atoms. The highest BCUT2D eigenvalue weighted by atomic mass is 32.2. The molecule has 9 aromatic rings. The van der Waals surface area contributed by atoms with Crippen LogP contribution in [0.4, 0.5) is 68.2 Å². The van der Waals surface area contributed by atoms with E-state index in [1.54, 1.807) is 123 Å². The average molecular weight is 1250 g/mol. The first-order chi connectivity index (χ1) is 41.8. The Kier molecular flexibility index (Phi) is 18.6. The van der Waals surface area contributed by atoms with Crippen molar-refractivity contribution >= 4 is 126 Å². The number of methoxy groups -OCH3 is 2. The summed E-state index contributed by atoms with van der Waals surface area (Å²) in [6.07, 6.45) is 0.322. The van der Waals surface area contributed by atoms with Crippen molar-refractivity contribution in [1.29, 1.82) is 0 Å². The van der Waals surface area contributed by atoms with E-state index in [-0.39, 0.29) is 36.1 Å². The van der Waals surface area contributed by atoms with E-state index in [0.29, 0.717) is 95.7 Å². The zero-order chi connectivity index (χ0) is 63.1. The Morgan fingerprint density at radius 1 is 0.511 bits per heavy atom. The minimum absolute atomic E-state index is 0.0121. The first kappa shape index (κ1) is 62.4. The quantitative estimate of drug-likeness (QED) is 0.0143. The number of hydrogen-bond donors (Lipinski definition) is 7. The van der Waals surface area contributed by atoms with Gasteiger partial charge in [-0.25, -0.2) is 0 Å². The lowest BCUT2D eigenvalue weighted by Crippen LogP contribution is -2.11. The van der Waals surface area contributed by atoms with Gasteiger partial charge in [-0.3, -0.25) is 18.5 Å². The molecule has 0 aromatic heterocycles. The largest absolute Gasteiger partial charge is 0.505 e. The molecule has 0 atom stereocenters. The SMILES string of the molecule is COc1cc(N=Nc2ccc(N=Nc3cc(C)c(N=Nc4c(S(=O)(=O)O)cc5cc(Nc6ccc(N)cc6)ccc5c4O)cc3C)cc2C)c(OC)cc1N=Nc1ccc(C(=O)Nc2ccc3c(OCCCCS(=O)(=O)O)cc(S(=O)(=O)O)cc3c2)cc1. The Hall–Kier alpha value is -10.1. The fraction of sp³-hybridized carbons (Fsp3) is 0.150. The van der Waals surface area contributed by atoms with Crippen LogP contribution in [0.3, 0.4) is 0 Å². The van der Waals surface area contributed by atoms with Gasteiger partial charge < -0.3 is 35.7 Å². The molecule has 0 saturated carbocycles. The molecule has 0 aliphatic carbocycles. The Labute approximate surface area is 504 Å². The highest BCUT2D eigenvalue weighted by Gasteiger charge is 2.23. The van der Waals surface area contributed by atoms with Gasteiger partial charge in [0.15, 0.2) is 5.75 Å². The van der Waals surface area contributed by atoms with Crippen LogP contribution in [0.25, 0.3) is 21.5 Å². The summed E-state index contributed by atoms with van der Waals surface area (Å²) < 4.78 is 118. The second kappa shape index (κ2) is 26.3. The maximum atomic E-state index is 13.3. The van der Waals surface area contributed by atoms with Crippen molar-refractivity contribution in [3.63, 3.8) is 0 Å². The molecule has 25 nitrogen and oxygen atoms in total. The summed E-state index contributed by atoms with van der Waals surface area (Å²) in [6, 6.07) is 38.1. The summed E-state index contributed by atoms with van der Waals surface area (Å²) >= 11 is 0. The highest BCUT2D eigenvalue weighted by Crippen LogP contribution is 2.44. The van der Waals surface area contributed by atoms with Crippen molar-refractivity contribution < 1.29 is 63.0 Å². The summed E-state index contributed by atoms with van der Waals surface area (Å²) in [5, 5.41) is 53.5. The van der Waals surface area contributed by atoms with Crippen molar-refractivity contribution in [2.45, 2.75) is 43.4 Å². The van der Waals surface area contributed by atoms with E-state index in [2.05, 4.69) is 51.5 Å². The number of benzene rings is 9. The lowest BCUT2D eigenvalue weighted by atomic mass is 10.1. The first-order valence-electron chi connectivity index (χ1n) is 26.4. The number of hydrogen-bond acceptors (Lipinski definition) is 21. The van der Waals surface area contributed by atoms with Crippen LogP contribution in [-0.2, 0) is 30.4 Å². The number of azo groups is 4. The van der Waals surface area contributed by atoms with E-state index < -0.39 is 63.2 Å². The minimum Gasteiger partial charge on any atom is -0.505 e. The minimum atomic E-state index is -4.87. The Bertz CT molecular complexity index is 4680. The molecule has 0 radical (unpaired) electrons. The number of phenols is 1. The number of rotatable bonds is 22. The van der Waals surface area contributed by atoms with Gasteiger partial charge in [0.25, 0.3) is 36.3 Å². The van der Waals surface area contributed by atoms with E-state index in [0.717, 1.165) is 17.3 Å². The number of phenolic OH excluding ortho intramolecular Hbond substituents is 1. The van der Waals surface area contributed by atoms with Crippen LogP contribution in [0, 0.1) is 20.8 Å². The van der Waals surface area contributed by atoms with Crippen molar-refractivity contribution in [1.82, 2.24) is 0 Å². The van der Waals surface area contributed by atoms with Gasteiger partial charge in [-0.1, -0.05) is 0 Å². The molecule has 8 N–H and O–H groups in total. The molecule has 0 saturated heterocycles. The number of anilines is 4. The second-order valence-electron chi connectivity index (χ2n) is 19.8. The van der Waals surface area contributed by atoms with Crippen LogP contribution >= 0.6 is 0 Å². The third-order valence-corrected chi connectivity index (χ3v) is 15.9.